The van der Waals surface area contributed by atoms with Crippen molar-refractivity contribution in [2.45, 2.75) is 96.8 Å². The van der Waals surface area contributed by atoms with Crippen molar-refractivity contribution in [3.05, 3.63) is 0 Å². The first-order chi connectivity index (χ1) is 13.8. The zero-order valence-corrected chi connectivity index (χ0v) is 20.8. The smallest absolute Gasteiger partial charge is 0.318 e. The molecule has 8 heteroatoms. The van der Waals surface area contributed by atoms with Crippen molar-refractivity contribution in [2.24, 2.45) is 17.6 Å². The van der Waals surface area contributed by atoms with E-state index in [2.05, 4.69) is 33.9 Å². The van der Waals surface area contributed by atoms with Crippen molar-refractivity contribution in [2.75, 3.05) is 13.1 Å². The summed E-state index contributed by atoms with van der Waals surface area (Å²) in [5.41, 5.74) is 5.80. The van der Waals surface area contributed by atoms with Crippen LogP contribution in [0.25, 0.3) is 0 Å². The van der Waals surface area contributed by atoms with Gasteiger partial charge in [-0.05, 0) is 37.4 Å². The molecule has 0 aromatic heterocycles. The maximum absolute atomic E-state index is 13.8. The first-order valence-corrected chi connectivity index (χ1v) is 14.4. The Morgan fingerprint density at radius 2 is 1.80 bits per heavy atom. The second kappa shape index (κ2) is 9.49. The summed E-state index contributed by atoms with van der Waals surface area (Å²) in [6, 6.07) is -0.684. The van der Waals surface area contributed by atoms with Crippen LogP contribution < -0.4 is 5.73 Å². The number of carbonyl (C=O) groups excluding carboxylic acids is 3. The van der Waals surface area contributed by atoms with Gasteiger partial charge in [0, 0.05) is 12.8 Å². The summed E-state index contributed by atoms with van der Waals surface area (Å²) in [5, 5.41) is 1.26. The number of hydrogen-bond acceptors (Lipinski definition) is 4. The molecule has 2 rings (SSSR count). The molecule has 1 aliphatic carbocycles. The van der Waals surface area contributed by atoms with Gasteiger partial charge in [-0.2, -0.15) is 4.48 Å². The van der Waals surface area contributed by atoms with Gasteiger partial charge in [0.2, 0.25) is 14.7 Å². The largest absolute Gasteiger partial charge is 0.421 e. The van der Waals surface area contributed by atoms with Crippen LogP contribution in [0.1, 0.15) is 72.6 Å². The van der Waals surface area contributed by atoms with E-state index in [1.807, 2.05) is 6.92 Å². The summed E-state index contributed by atoms with van der Waals surface area (Å²) in [7, 11) is -2.23. The van der Waals surface area contributed by atoms with Crippen LogP contribution in [0, 0.1) is 11.8 Å². The van der Waals surface area contributed by atoms with Crippen molar-refractivity contribution in [3.8, 4) is 0 Å². The average molecular weight is 441 g/mol. The van der Waals surface area contributed by atoms with Crippen molar-refractivity contribution in [1.82, 2.24) is 5.06 Å². The molecule has 1 saturated carbocycles. The Morgan fingerprint density at radius 3 is 2.23 bits per heavy atom. The van der Waals surface area contributed by atoms with E-state index in [0.717, 1.165) is 25.7 Å². The molecule has 3 atom stereocenters. The maximum atomic E-state index is 13.8. The monoisotopic (exact) mass is 440 g/mol. The van der Waals surface area contributed by atoms with E-state index in [0.29, 0.717) is 25.3 Å². The van der Waals surface area contributed by atoms with Crippen LogP contribution in [0.2, 0.25) is 18.1 Å². The Labute approximate surface area is 183 Å². The van der Waals surface area contributed by atoms with E-state index < -0.39 is 20.3 Å². The minimum absolute atomic E-state index is 0.0658. The number of urea groups is 1. The number of amides is 4. The molecule has 30 heavy (non-hydrogen) atoms. The van der Waals surface area contributed by atoms with Gasteiger partial charge in [-0.3, -0.25) is 4.79 Å². The highest BCUT2D eigenvalue weighted by Crippen LogP contribution is 2.38. The Morgan fingerprint density at radius 1 is 1.20 bits per heavy atom. The second-order valence-electron chi connectivity index (χ2n) is 10.9. The Hall–Kier alpha value is -1.25. The summed E-state index contributed by atoms with van der Waals surface area (Å²) in [4.78, 5) is 38.2. The highest BCUT2D eigenvalue weighted by molar-refractivity contribution is 6.74. The third kappa shape index (κ3) is 5.14. The lowest BCUT2D eigenvalue weighted by atomic mass is 9.91. The Balaban J connectivity index is 2.28. The number of imide groups is 1. The van der Waals surface area contributed by atoms with Gasteiger partial charge in [0.1, 0.15) is 6.04 Å². The van der Waals surface area contributed by atoms with Crippen LogP contribution in [-0.4, -0.2) is 55.3 Å². The Kier molecular flexibility index (Phi) is 7.91. The van der Waals surface area contributed by atoms with Gasteiger partial charge in [0.25, 0.3) is 0 Å². The highest BCUT2D eigenvalue weighted by Gasteiger charge is 2.54. The zero-order chi connectivity index (χ0) is 22.7. The lowest BCUT2D eigenvalue weighted by Crippen LogP contribution is -2.64. The fourth-order valence-corrected chi connectivity index (χ4v) is 5.79. The van der Waals surface area contributed by atoms with Crippen LogP contribution in [0.5, 0.6) is 0 Å². The predicted octanol–water partition coefficient (Wildman–Crippen LogP) is 4.18. The van der Waals surface area contributed by atoms with Gasteiger partial charge in [-0.1, -0.05) is 46.5 Å². The van der Waals surface area contributed by atoms with Crippen LogP contribution in [0.4, 0.5) is 4.79 Å². The lowest BCUT2D eigenvalue weighted by molar-refractivity contribution is -0.785. The standard InChI is InChI=1S/C22H41N3O4Si/c1-17-10-9-13-25(17,21(23)28)20(27)19(14-18-11-7-8-12-18)15-24(16-26)29-30(5,6)22(2,3)4/h16-19H,7-15H2,1-6H3,(H-,23,28)/p+1/t17-,19-,25?/m1/s1. The fraction of sp³-hybridized carbons (Fsp3) is 0.864. The molecule has 1 unspecified atom stereocenters. The van der Waals surface area contributed by atoms with Crippen molar-refractivity contribution >= 4 is 26.7 Å². The number of rotatable bonds is 8. The summed E-state index contributed by atoms with van der Waals surface area (Å²) >= 11 is 0. The number of primary amides is 1. The van der Waals surface area contributed by atoms with Gasteiger partial charge < -0.3 is 10.3 Å². The molecule has 1 heterocycles. The normalized spacial score (nSPS) is 26.5. The minimum atomic E-state index is -2.23. The van der Waals surface area contributed by atoms with Crippen LogP contribution in [0.15, 0.2) is 0 Å². The van der Waals surface area contributed by atoms with E-state index in [4.69, 9.17) is 10.3 Å². The van der Waals surface area contributed by atoms with Gasteiger partial charge >= 0.3 is 11.9 Å². The molecule has 0 aromatic carbocycles. The number of quaternary nitrogens is 1. The summed E-state index contributed by atoms with van der Waals surface area (Å²) in [6.07, 6.45) is 7.54. The molecular weight excluding hydrogens is 398 g/mol. The van der Waals surface area contributed by atoms with Gasteiger partial charge in [0.15, 0.2) is 0 Å². The minimum Gasteiger partial charge on any atom is -0.318 e. The van der Waals surface area contributed by atoms with E-state index >= 15 is 0 Å². The molecule has 7 nitrogen and oxygen atoms in total. The first-order valence-electron chi connectivity index (χ1n) is 11.5. The Bertz CT molecular complexity index is 643. The number of nitrogens with zero attached hydrogens (tertiary/aromatic N) is 2. The molecule has 2 N–H and O–H groups in total. The molecule has 0 aromatic rings. The van der Waals surface area contributed by atoms with Gasteiger partial charge in [0.05, 0.1) is 19.0 Å². The molecule has 2 aliphatic rings. The van der Waals surface area contributed by atoms with Crippen molar-refractivity contribution in [3.63, 3.8) is 0 Å². The third-order valence-corrected chi connectivity index (χ3v) is 12.1. The highest BCUT2D eigenvalue weighted by atomic mass is 28.4. The predicted molar refractivity (Wildman–Crippen MR) is 120 cm³/mol. The molecule has 2 fully saturated rings. The quantitative estimate of drug-likeness (QED) is 0.265. The van der Waals surface area contributed by atoms with E-state index in [-0.39, 0.29) is 28.0 Å². The number of hydrogen-bond donors (Lipinski definition) is 1. The van der Waals surface area contributed by atoms with Crippen molar-refractivity contribution in [1.29, 1.82) is 0 Å². The zero-order valence-electron chi connectivity index (χ0n) is 19.8. The molecular formula is C22H42N3O4Si+. The van der Waals surface area contributed by atoms with Crippen molar-refractivity contribution < 1.29 is 23.4 Å². The molecule has 0 spiro atoms. The summed E-state index contributed by atoms with van der Waals surface area (Å²) in [5.74, 6) is -0.132. The van der Waals surface area contributed by atoms with Crippen LogP contribution >= 0.6 is 0 Å². The average Bonchev–Trinajstić information content (AvgIpc) is 3.28. The molecule has 1 saturated heterocycles. The van der Waals surface area contributed by atoms with E-state index in [9.17, 15) is 14.4 Å². The molecule has 0 bridgehead atoms. The topological polar surface area (TPSA) is 89.7 Å². The molecule has 172 valence electrons. The van der Waals surface area contributed by atoms with Crippen LogP contribution in [-0.2, 0) is 14.1 Å². The molecule has 1 aliphatic heterocycles. The first kappa shape index (κ1) is 25.0. The van der Waals surface area contributed by atoms with E-state index in [1.165, 1.54) is 17.9 Å². The van der Waals surface area contributed by atoms with Gasteiger partial charge in [-0.25, -0.2) is 14.7 Å². The third-order valence-electron chi connectivity index (χ3n) is 7.78. The summed E-state index contributed by atoms with van der Waals surface area (Å²) in [6.45, 7) is 13.1. The number of hydroxylamine groups is 2. The number of carbonyl (C=O) groups is 3. The molecule has 0 radical (unpaired) electrons. The SMILES string of the molecule is C[C@@H]1CCC[N+]1(C(N)=O)C(=O)[C@H](CC1CCCC1)CN(C=O)O[Si](C)(C)C(C)(C)C. The summed E-state index contributed by atoms with van der Waals surface area (Å²) < 4.78 is 5.92. The maximum Gasteiger partial charge on any atom is 0.421 e. The van der Waals surface area contributed by atoms with Gasteiger partial charge in [-0.15, -0.1) is 0 Å². The number of nitrogens with two attached hydrogens (primary N) is 1. The van der Waals surface area contributed by atoms with Crippen LogP contribution in [0.3, 0.4) is 0 Å². The second-order valence-corrected chi connectivity index (χ2v) is 15.6. The number of likely N-dealkylation sites (tertiary alicyclic amines) is 1. The lowest BCUT2D eigenvalue weighted by Gasteiger charge is -2.40. The fourth-order valence-electron chi connectivity index (χ4n) is 4.82. The van der Waals surface area contributed by atoms with E-state index in [1.54, 1.807) is 0 Å². The molecule has 4 amide bonds.